The van der Waals surface area contributed by atoms with Gasteiger partial charge in [0.05, 0.1) is 29.6 Å². The van der Waals surface area contributed by atoms with Crippen LogP contribution in [0.4, 0.5) is 11.4 Å². The smallest absolute Gasteiger partial charge is 0.251 e. The number of rotatable bonds is 6. The van der Waals surface area contributed by atoms with Crippen molar-refractivity contribution in [2.45, 2.75) is 6.42 Å². The first kappa shape index (κ1) is 20.5. The van der Waals surface area contributed by atoms with Crippen molar-refractivity contribution in [3.05, 3.63) is 58.1 Å². The lowest BCUT2D eigenvalue weighted by Crippen LogP contribution is -2.37. The highest BCUT2D eigenvalue weighted by Crippen LogP contribution is 2.34. The molecule has 1 aliphatic rings. The van der Waals surface area contributed by atoms with E-state index in [9.17, 15) is 9.59 Å². The van der Waals surface area contributed by atoms with Gasteiger partial charge in [-0.2, -0.15) is 0 Å². The Morgan fingerprint density at radius 3 is 2.46 bits per heavy atom. The predicted octanol–water partition coefficient (Wildman–Crippen LogP) is 3.59. The van der Waals surface area contributed by atoms with Gasteiger partial charge < -0.3 is 20.3 Å². The molecule has 2 amide bonds. The van der Waals surface area contributed by atoms with Crippen LogP contribution in [0.5, 0.6) is 0 Å². The summed E-state index contributed by atoms with van der Waals surface area (Å²) in [5.41, 5.74) is 1.95. The summed E-state index contributed by atoms with van der Waals surface area (Å²) in [6, 6.07) is 12.0. The third-order valence-corrected chi connectivity index (χ3v) is 4.89. The maximum Gasteiger partial charge on any atom is 0.251 e. The number of para-hydroxylation sites is 1. The number of halogens is 2. The number of carbonyl (C=O) groups is 2. The lowest BCUT2D eigenvalue weighted by molar-refractivity contribution is -0.116. The molecular weight excluding hydrogens is 401 g/mol. The molecule has 0 unspecified atom stereocenters. The van der Waals surface area contributed by atoms with Gasteiger partial charge in [-0.15, -0.1) is 0 Å². The molecule has 8 heteroatoms. The summed E-state index contributed by atoms with van der Waals surface area (Å²) < 4.78 is 5.38. The number of nitrogens with zero attached hydrogens (tertiary/aromatic N) is 1. The maximum absolute atomic E-state index is 12.4. The number of anilines is 2. The molecule has 0 spiro atoms. The van der Waals surface area contributed by atoms with Gasteiger partial charge in [0.2, 0.25) is 5.91 Å². The number of amides is 2. The second kappa shape index (κ2) is 9.78. The van der Waals surface area contributed by atoms with E-state index in [1.807, 2.05) is 6.07 Å². The molecule has 2 aromatic carbocycles. The van der Waals surface area contributed by atoms with Crippen molar-refractivity contribution < 1.29 is 14.3 Å². The van der Waals surface area contributed by atoms with Crippen molar-refractivity contribution in [1.82, 2.24) is 5.32 Å². The molecule has 0 saturated carbocycles. The van der Waals surface area contributed by atoms with Gasteiger partial charge in [-0.3, -0.25) is 9.59 Å². The van der Waals surface area contributed by atoms with Crippen molar-refractivity contribution in [3.8, 4) is 0 Å². The van der Waals surface area contributed by atoms with Crippen LogP contribution in [-0.2, 0) is 9.53 Å². The molecule has 28 heavy (non-hydrogen) atoms. The van der Waals surface area contributed by atoms with Crippen molar-refractivity contribution in [2.24, 2.45) is 0 Å². The Kier molecular flexibility index (Phi) is 7.14. The summed E-state index contributed by atoms with van der Waals surface area (Å²) in [4.78, 5) is 26.5. The Labute approximate surface area is 173 Å². The quantitative estimate of drug-likeness (QED) is 0.747. The number of hydrogen-bond donors (Lipinski definition) is 2. The first-order valence-corrected chi connectivity index (χ1v) is 9.75. The van der Waals surface area contributed by atoms with E-state index in [2.05, 4.69) is 15.5 Å². The summed E-state index contributed by atoms with van der Waals surface area (Å²) >= 11 is 12.2. The SMILES string of the molecule is O=C(CCNC(=O)c1ccc(Cl)cc1)Nc1cccc(Cl)c1N1CCOCC1. The molecule has 3 rings (SSSR count). The average molecular weight is 422 g/mol. The minimum atomic E-state index is -0.249. The molecule has 0 aliphatic carbocycles. The van der Waals surface area contributed by atoms with E-state index in [1.54, 1.807) is 36.4 Å². The second-order valence-electron chi connectivity index (χ2n) is 6.30. The minimum absolute atomic E-state index is 0.147. The van der Waals surface area contributed by atoms with Gasteiger partial charge in [0.25, 0.3) is 5.91 Å². The molecule has 148 valence electrons. The topological polar surface area (TPSA) is 70.7 Å². The van der Waals surface area contributed by atoms with E-state index in [0.29, 0.717) is 47.6 Å². The zero-order valence-corrected chi connectivity index (χ0v) is 16.7. The fourth-order valence-corrected chi connectivity index (χ4v) is 3.35. The molecule has 0 aromatic heterocycles. The lowest BCUT2D eigenvalue weighted by atomic mass is 10.2. The molecule has 2 N–H and O–H groups in total. The van der Waals surface area contributed by atoms with Gasteiger partial charge in [0.15, 0.2) is 0 Å². The highest BCUT2D eigenvalue weighted by atomic mass is 35.5. The number of benzene rings is 2. The fraction of sp³-hybridized carbons (Fsp3) is 0.300. The van der Waals surface area contributed by atoms with Crippen LogP contribution in [0.3, 0.4) is 0 Å². The normalized spacial score (nSPS) is 13.9. The molecule has 2 aromatic rings. The van der Waals surface area contributed by atoms with Crippen LogP contribution in [0.2, 0.25) is 10.0 Å². The highest BCUT2D eigenvalue weighted by Gasteiger charge is 2.19. The Hall–Kier alpha value is -2.28. The van der Waals surface area contributed by atoms with E-state index in [0.717, 1.165) is 5.69 Å². The second-order valence-corrected chi connectivity index (χ2v) is 7.14. The molecule has 0 radical (unpaired) electrons. The van der Waals surface area contributed by atoms with Gasteiger partial charge in [-0.05, 0) is 36.4 Å². The number of nitrogens with one attached hydrogen (secondary N) is 2. The first-order valence-electron chi connectivity index (χ1n) is 8.99. The zero-order chi connectivity index (χ0) is 19.9. The molecular formula is C20H21Cl2N3O3. The molecule has 1 fully saturated rings. The molecule has 1 saturated heterocycles. The van der Waals surface area contributed by atoms with E-state index in [1.165, 1.54) is 0 Å². The molecule has 0 atom stereocenters. The van der Waals surface area contributed by atoms with E-state index in [-0.39, 0.29) is 24.8 Å². The summed E-state index contributed by atoms with van der Waals surface area (Å²) in [6.07, 6.45) is 0.147. The number of ether oxygens (including phenoxy) is 1. The van der Waals surface area contributed by atoms with Gasteiger partial charge in [0.1, 0.15) is 0 Å². The number of carbonyl (C=O) groups excluding carboxylic acids is 2. The Morgan fingerprint density at radius 1 is 1.04 bits per heavy atom. The molecule has 1 aliphatic heterocycles. The van der Waals surface area contributed by atoms with Crippen LogP contribution in [0.25, 0.3) is 0 Å². The van der Waals surface area contributed by atoms with E-state index < -0.39 is 0 Å². The summed E-state index contributed by atoms with van der Waals surface area (Å²) in [5, 5.41) is 6.77. The van der Waals surface area contributed by atoms with E-state index >= 15 is 0 Å². The highest BCUT2D eigenvalue weighted by molar-refractivity contribution is 6.34. The molecule has 0 bridgehead atoms. The Morgan fingerprint density at radius 2 is 1.75 bits per heavy atom. The summed E-state index contributed by atoms with van der Waals surface area (Å²) in [5.74, 6) is -0.450. The van der Waals surface area contributed by atoms with Crippen LogP contribution < -0.4 is 15.5 Å². The van der Waals surface area contributed by atoms with Crippen molar-refractivity contribution >= 4 is 46.4 Å². The summed E-state index contributed by atoms with van der Waals surface area (Å²) in [7, 11) is 0. The van der Waals surface area contributed by atoms with Crippen LogP contribution in [0, 0.1) is 0 Å². The molecule has 1 heterocycles. The van der Waals surface area contributed by atoms with Crippen LogP contribution in [0.15, 0.2) is 42.5 Å². The van der Waals surface area contributed by atoms with Crippen LogP contribution in [0.1, 0.15) is 16.8 Å². The minimum Gasteiger partial charge on any atom is -0.378 e. The fourth-order valence-electron chi connectivity index (χ4n) is 2.93. The number of hydrogen-bond acceptors (Lipinski definition) is 4. The van der Waals surface area contributed by atoms with Crippen LogP contribution in [-0.4, -0.2) is 44.7 Å². The van der Waals surface area contributed by atoms with Crippen molar-refractivity contribution in [1.29, 1.82) is 0 Å². The van der Waals surface area contributed by atoms with Crippen LogP contribution >= 0.6 is 23.2 Å². The van der Waals surface area contributed by atoms with Gasteiger partial charge in [-0.1, -0.05) is 29.3 Å². The average Bonchev–Trinajstić information content (AvgIpc) is 2.69. The Balaban J connectivity index is 1.55. The monoisotopic (exact) mass is 421 g/mol. The third-order valence-electron chi connectivity index (χ3n) is 4.33. The number of morpholine rings is 1. The van der Waals surface area contributed by atoms with Gasteiger partial charge in [0, 0.05) is 36.6 Å². The van der Waals surface area contributed by atoms with Gasteiger partial charge in [-0.25, -0.2) is 0 Å². The molecule has 6 nitrogen and oxygen atoms in total. The predicted molar refractivity (Wildman–Crippen MR) is 112 cm³/mol. The zero-order valence-electron chi connectivity index (χ0n) is 15.2. The van der Waals surface area contributed by atoms with E-state index in [4.69, 9.17) is 27.9 Å². The Bertz CT molecular complexity index is 837. The van der Waals surface area contributed by atoms with Crippen molar-refractivity contribution in [2.75, 3.05) is 43.1 Å². The third kappa shape index (κ3) is 5.38. The maximum atomic E-state index is 12.4. The first-order chi connectivity index (χ1) is 13.5. The summed E-state index contributed by atoms with van der Waals surface area (Å²) in [6.45, 7) is 2.89. The standard InChI is InChI=1S/C20H21Cl2N3O3/c21-15-6-4-14(5-7-15)20(27)23-9-8-18(26)24-17-3-1-2-16(22)19(17)25-10-12-28-13-11-25/h1-7H,8-13H2,(H,23,27)(H,24,26). The lowest BCUT2D eigenvalue weighted by Gasteiger charge is -2.31. The largest absolute Gasteiger partial charge is 0.378 e. The van der Waals surface area contributed by atoms with Crippen molar-refractivity contribution in [3.63, 3.8) is 0 Å². The van der Waals surface area contributed by atoms with Gasteiger partial charge >= 0.3 is 0 Å².